The van der Waals surface area contributed by atoms with Crippen LogP contribution >= 0.6 is 11.6 Å². The zero-order chi connectivity index (χ0) is 42.1. The molecule has 4 N–H and O–H groups in total. The van der Waals surface area contributed by atoms with E-state index in [0.717, 1.165) is 87.4 Å². The SMILES string of the molecule is CNC(=O)COC1=Cc2cc(Nc3nc(N4CCC(CN5CCCN(c6ccc7c(C8CCC(=O)NC8=O)nn(C)c7c6)CC5)CC4)ncc3Cl)cnc2N(C(C)C)C1O. The molecule has 18 heteroatoms. The average molecular weight is 841 g/mol. The van der Waals surface area contributed by atoms with Crippen LogP contribution in [0.15, 0.2) is 42.4 Å². The Morgan fingerprint density at radius 3 is 2.62 bits per heavy atom. The van der Waals surface area contributed by atoms with E-state index in [0.29, 0.717) is 52.6 Å². The van der Waals surface area contributed by atoms with Gasteiger partial charge in [-0.25, -0.2) is 9.97 Å². The molecule has 4 aromatic rings. The number of piperidine rings is 2. The summed E-state index contributed by atoms with van der Waals surface area (Å²) >= 11 is 6.61. The van der Waals surface area contributed by atoms with E-state index in [9.17, 15) is 19.5 Å². The van der Waals surface area contributed by atoms with E-state index in [1.54, 1.807) is 23.4 Å². The van der Waals surface area contributed by atoms with Gasteiger partial charge < -0.3 is 40.1 Å². The number of amides is 3. The van der Waals surface area contributed by atoms with Crippen molar-refractivity contribution in [2.45, 2.75) is 64.1 Å². The van der Waals surface area contributed by atoms with Crippen molar-refractivity contribution in [2.24, 2.45) is 13.0 Å². The molecule has 60 heavy (non-hydrogen) atoms. The van der Waals surface area contributed by atoms with E-state index in [1.165, 1.54) is 7.05 Å². The number of anilines is 5. The fourth-order valence-corrected chi connectivity index (χ4v) is 8.86. The smallest absolute Gasteiger partial charge is 0.257 e. The first kappa shape index (κ1) is 41.2. The maximum Gasteiger partial charge on any atom is 0.257 e. The van der Waals surface area contributed by atoms with Gasteiger partial charge in [0.1, 0.15) is 16.6 Å². The van der Waals surface area contributed by atoms with Gasteiger partial charge in [-0.05, 0) is 82.3 Å². The van der Waals surface area contributed by atoms with Crippen LogP contribution < -0.4 is 30.7 Å². The quantitative estimate of drug-likeness (QED) is 0.160. The molecule has 3 amide bonds. The summed E-state index contributed by atoms with van der Waals surface area (Å²) in [7, 11) is 3.45. The van der Waals surface area contributed by atoms with Crippen molar-refractivity contribution in [2.75, 3.05) is 79.5 Å². The number of hydrogen-bond acceptors (Lipinski definition) is 14. The van der Waals surface area contributed by atoms with E-state index in [1.807, 2.05) is 31.6 Å². The summed E-state index contributed by atoms with van der Waals surface area (Å²) in [5.41, 5.74) is 4.24. The number of pyridine rings is 1. The van der Waals surface area contributed by atoms with Crippen molar-refractivity contribution in [3.63, 3.8) is 0 Å². The van der Waals surface area contributed by atoms with Crippen molar-refractivity contribution >= 4 is 75.3 Å². The molecule has 7 heterocycles. The summed E-state index contributed by atoms with van der Waals surface area (Å²) in [6, 6.07) is 8.19. The third-order valence-corrected chi connectivity index (χ3v) is 12.2. The van der Waals surface area contributed by atoms with Crippen LogP contribution in [-0.2, 0) is 26.2 Å². The number of benzene rings is 1. The van der Waals surface area contributed by atoms with Crippen LogP contribution in [0.3, 0.4) is 0 Å². The summed E-state index contributed by atoms with van der Waals surface area (Å²) in [5.74, 6) is 1.29. The van der Waals surface area contributed by atoms with Crippen LogP contribution in [-0.4, -0.2) is 124 Å². The maximum atomic E-state index is 12.6. The lowest BCUT2D eigenvalue weighted by Gasteiger charge is -2.37. The lowest BCUT2D eigenvalue weighted by molar-refractivity contribution is -0.134. The van der Waals surface area contributed by atoms with Gasteiger partial charge in [-0.3, -0.25) is 24.4 Å². The first-order chi connectivity index (χ1) is 28.9. The Hall–Kier alpha value is -5.52. The van der Waals surface area contributed by atoms with Gasteiger partial charge in [-0.15, -0.1) is 0 Å². The highest BCUT2D eigenvalue weighted by Gasteiger charge is 2.34. The summed E-state index contributed by atoms with van der Waals surface area (Å²) in [5, 5.41) is 25.4. The highest BCUT2D eigenvalue weighted by atomic mass is 35.5. The molecule has 3 aromatic heterocycles. The zero-order valence-electron chi connectivity index (χ0n) is 34.5. The van der Waals surface area contributed by atoms with Crippen molar-refractivity contribution in [1.29, 1.82) is 0 Å². The topological polar surface area (TPSA) is 186 Å². The molecule has 4 aliphatic heterocycles. The molecular weight excluding hydrogens is 788 g/mol. The Balaban J connectivity index is 0.863. The third kappa shape index (κ3) is 8.69. The van der Waals surface area contributed by atoms with Gasteiger partial charge >= 0.3 is 0 Å². The molecule has 0 radical (unpaired) electrons. The molecule has 2 atom stereocenters. The van der Waals surface area contributed by atoms with E-state index >= 15 is 0 Å². The summed E-state index contributed by atoms with van der Waals surface area (Å²) in [6.07, 6.45) is 7.86. The first-order valence-corrected chi connectivity index (χ1v) is 21.2. The fraction of sp³-hybridized carbons (Fsp3) is 0.500. The molecule has 3 saturated heterocycles. The molecule has 0 spiro atoms. The minimum atomic E-state index is -1.09. The number of aromatic nitrogens is 5. The number of ether oxygens (including phenoxy) is 1. The fourth-order valence-electron chi connectivity index (χ4n) is 8.72. The Labute approximate surface area is 354 Å². The molecule has 8 rings (SSSR count). The molecule has 4 aliphatic rings. The predicted molar refractivity (Wildman–Crippen MR) is 230 cm³/mol. The van der Waals surface area contributed by atoms with Crippen LogP contribution in [0.2, 0.25) is 5.02 Å². The van der Waals surface area contributed by atoms with E-state index in [4.69, 9.17) is 26.4 Å². The number of hydrogen-bond donors (Lipinski definition) is 4. The second-order valence-electron chi connectivity index (χ2n) is 16.3. The van der Waals surface area contributed by atoms with Crippen LogP contribution in [0.5, 0.6) is 0 Å². The number of nitrogens with one attached hydrogen (secondary N) is 3. The van der Waals surface area contributed by atoms with Crippen LogP contribution in [0, 0.1) is 5.92 Å². The largest absolute Gasteiger partial charge is 0.483 e. The minimum Gasteiger partial charge on any atom is -0.483 e. The van der Waals surface area contributed by atoms with E-state index < -0.39 is 12.1 Å². The van der Waals surface area contributed by atoms with Gasteiger partial charge in [0.15, 0.2) is 18.7 Å². The number of halogens is 1. The van der Waals surface area contributed by atoms with Crippen molar-refractivity contribution in [3.05, 3.63) is 58.7 Å². The van der Waals surface area contributed by atoms with Gasteiger partial charge in [0.05, 0.1) is 35.2 Å². The Bertz CT molecular complexity index is 2290. The number of rotatable bonds is 11. The third-order valence-electron chi connectivity index (χ3n) is 12.0. The summed E-state index contributed by atoms with van der Waals surface area (Å²) in [4.78, 5) is 59.3. The summed E-state index contributed by atoms with van der Waals surface area (Å²) in [6.45, 7) is 10.3. The molecule has 0 bridgehead atoms. The van der Waals surface area contributed by atoms with Gasteiger partial charge in [0, 0.05) is 82.5 Å². The van der Waals surface area contributed by atoms with Crippen LogP contribution in [0.25, 0.3) is 17.0 Å². The molecular formula is C42H53ClN12O5. The highest BCUT2D eigenvalue weighted by Crippen LogP contribution is 2.36. The second kappa shape index (κ2) is 17.6. The molecule has 1 aromatic carbocycles. The van der Waals surface area contributed by atoms with Crippen molar-refractivity contribution in [1.82, 2.24) is 40.3 Å². The lowest BCUT2D eigenvalue weighted by atomic mass is 9.93. The van der Waals surface area contributed by atoms with Gasteiger partial charge in [0.25, 0.3) is 5.91 Å². The van der Waals surface area contributed by atoms with Crippen molar-refractivity contribution < 1.29 is 24.2 Å². The Morgan fingerprint density at radius 2 is 1.85 bits per heavy atom. The highest BCUT2D eigenvalue weighted by molar-refractivity contribution is 6.32. The monoisotopic (exact) mass is 840 g/mol. The number of aliphatic hydroxyl groups is 1. The number of carbonyl (C=O) groups is 3. The van der Waals surface area contributed by atoms with Gasteiger partial charge in [0.2, 0.25) is 17.8 Å². The molecule has 0 aliphatic carbocycles. The minimum absolute atomic E-state index is 0.0964. The van der Waals surface area contributed by atoms with Gasteiger partial charge in [-0.1, -0.05) is 11.6 Å². The molecule has 3 fully saturated rings. The predicted octanol–water partition coefficient (Wildman–Crippen LogP) is 3.75. The number of imide groups is 1. The number of aryl methyl sites for hydroxylation is 1. The number of fused-ring (bicyclic) bond motifs is 2. The lowest BCUT2D eigenvalue weighted by Crippen LogP contribution is -2.45. The zero-order valence-corrected chi connectivity index (χ0v) is 35.3. The first-order valence-electron chi connectivity index (χ1n) is 20.8. The van der Waals surface area contributed by atoms with E-state index in [2.05, 4.69) is 58.8 Å². The number of aliphatic hydroxyl groups excluding tert-OH is 1. The van der Waals surface area contributed by atoms with E-state index in [-0.39, 0.29) is 36.1 Å². The normalized spacial score (nSPS) is 20.5. The second-order valence-corrected chi connectivity index (χ2v) is 16.7. The molecule has 2 unspecified atom stereocenters. The van der Waals surface area contributed by atoms with Crippen LogP contribution in [0.1, 0.15) is 63.1 Å². The standard InChI is InChI=1S/C42H53ClN12O5/c1-25(2)55-39-27(19-34(41(55)59)60-24-36(57)44-3)18-28(21-45-39)47-38-32(43)22-46-42(49-38)54-14-10-26(11-15-54)23-52-12-5-13-53(17-16-52)29-6-7-30-33(20-29)51(4)50-37(30)31-8-9-35(56)48-40(31)58/h6-7,18-22,25-26,31,41,59H,5,8-17,23-24H2,1-4H3,(H,44,57)(H,46,47,49)(H,48,56,58). The number of likely N-dealkylation sites (N-methyl/N-ethyl adjacent to an activating group) is 1. The van der Waals surface area contributed by atoms with Crippen molar-refractivity contribution in [3.8, 4) is 0 Å². The van der Waals surface area contributed by atoms with Crippen LogP contribution in [0.4, 0.5) is 29.0 Å². The maximum absolute atomic E-state index is 12.6. The average Bonchev–Trinajstić information content (AvgIpc) is 3.38. The molecule has 0 saturated carbocycles. The molecule has 17 nitrogen and oxygen atoms in total. The number of carbonyl (C=O) groups excluding carboxylic acids is 3. The summed E-state index contributed by atoms with van der Waals surface area (Å²) < 4.78 is 7.55. The Morgan fingerprint density at radius 1 is 1.03 bits per heavy atom. The Kier molecular flexibility index (Phi) is 12.1. The molecule has 318 valence electrons. The number of nitrogens with zero attached hydrogens (tertiary/aromatic N) is 9. The van der Waals surface area contributed by atoms with Gasteiger partial charge in [-0.2, -0.15) is 10.1 Å².